The van der Waals surface area contributed by atoms with Crippen LogP contribution in [0.25, 0.3) is 0 Å². The van der Waals surface area contributed by atoms with E-state index >= 15 is 0 Å². The predicted molar refractivity (Wildman–Crippen MR) is 106 cm³/mol. The molecule has 0 unspecified atom stereocenters. The molecule has 0 heterocycles. The third-order valence-electron chi connectivity index (χ3n) is 4.60. The monoisotopic (exact) mass is 319 g/mol. The minimum atomic E-state index is -1.98. The van der Waals surface area contributed by atoms with E-state index in [0.717, 1.165) is 12.8 Å². The van der Waals surface area contributed by atoms with Crippen molar-refractivity contribution in [1.82, 2.24) is 0 Å². The third kappa shape index (κ3) is 3.23. The molecule has 1 radical (unpaired) electrons. The number of unbranched alkanes of at least 4 members (excludes halogenated alkanes) is 1. The first-order valence-electron chi connectivity index (χ1n) is 8.34. The zero-order chi connectivity index (χ0) is 16.0. The summed E-state index contributed by atoms with van der Waals surface area (Å²) in [5, 5.41) is 4.47. The van der Waals surface area contributed by atoms with Crippen LogP contribution in [-0.4, -0.2) is 6.16 Å². The summed E-state index contributed by atoms with van der Waals surface area (Å²) in [4.78, 5) is 0. The summed E-state index contributed by atoms with van der Waals surface area (Å²) in [5.41, 5.74) is 0. The van der Waals surface area contributed by atoms with Gasteiger partial charge in [-0.25, -0.2) is 0 Å². The molecule has 0 aromatic heterocycles. The summed E-state index contributed by atoms with van der Waals surface area (Å²) < 4.78 is 0. The second-order valence-electron chi connectivity index (χ2n) is 5.96. The van der Waals surface area contributed by atoms with E-state index in [0.29, 0.717) is 0 Å². The van der Waals surface area contributed by atoms with Crippen molar-refractivity contribution in [2.45, 2.75) is 12.8 Å². The van der Waals surface area contributed by atoms with Gasteiger partial charge in [0.15, 0.2) is 0 Å². The van der Waals surface area contributed by atoms with Crippen molar-refractivity contribution in [3.63, 3.8) is 0 Å². The molecule has 117 valence electrons. The van der Waals surface area contributed by atoms with Crippen LogP contribution in [-0.2, 0) is 0 Å². The molecule has 0 amide bonds. The molecule has 0 aliphatic carbocycles. The van der Waals surface area contributed by atoms with Crippen LogP contribution in [0.15, 0.2) is 91.0 Å². The van der Waals surface area contributed by atoms with Crippen molar-refractivity contribution in [2.24, 2.45) is 0 Å². The average Bonchev–Trinajstić information content (AvgIpc) is 2.65. The number of rotatable bonds is 6. The van der Waals surface area contributed by atoms with E-state index in [4.69, 9.17) is 0 Å². The molecule has 3 aromatic rings. The first-order chi connectivity index (χ1) is 11.4. The zero-order valence-electron chi connectivity index (χ0n) is 13.5. The van der Waals surface area contributed by atoms with Crippen molar-refractivity contribution in [3.8, 4) is 0 Å². The maximum absolute atomic E-state index is 4.09. The Morgan fingerprint density at radius 1 is 0.565 bits per heavy atom. The van der Waals surface area contributed by atoms with Gasteiger partial charge < -0.3 is 0 Å². The van der Waals surface area contributed by atoms with E-state index in [-0.39, 0.29) is 0 Å². The SMILES string of the molecule is [CH2]CCC[PH](c1ccccc1)(c1ccccc1)c1ccccc1. The van der Waals surface area contributed by atoms with Crippen LogP contribution in [0.3, 0.4) is 0 Å². The van der Waals surface area contributed by atoms with Crippen LogP contribution in [0.1, 0.15) is 12.8 Å². The zero-order valence-corrected chi connectivity index (χ0v) is 14.5. The second kappa shape index (κ2) is 7.57. The molecule has 0 spiro atoms. The molecule has 0 nitrogen and oxygen atoms in total. The Morgan fingerprint density at radius 2 is 0.913 bits per heavy atom. The summed E-state index contributed by atoms with van der Waals surface area (Å²) in [7, 11) is -1.98. The van der Waals surface area contributed by atoms with Crippen LogP contribution < -0.4 is 15.9 Å². The fourth-order valence-corrected chi connectivity index (χ4v) is 8.42. The molecular formula is C22H24P. The van der Waals surface area contributed by atoms with Gasteiger partial charge in [-0.15, -0.1) is 0 Å². The molecule has 0 saturated heterocycles. The molecule has 0 saturated carbocycles. The van der Waals surface area contributed by atoms with Crippen LogP contribution >= 0.6 is 7.26 Å². The molecule has 0 N–H and O–H groups in total. The molecule has 23 heavy (non-hydrogen) atoms. The van der Waals surface area contributed by atoms with Crippen LogP contribution in [0.2, 0.25) is 0 Å². The van der Waals surface area contributed by atoms with Gasteiger partial charge in [0.05, 0.1) is 0 Å². The summed E-state index contributed by atoms with van der Waals surface area (Å²) >= 11 is 0. The first kappa shape index (κ1) is 16.0. The summed E-state index contributed by atoms with van der Waals surface area (Å²) in [6.45, 7) is 4.09. The molecule has 0 aliphatic heterocycles. The van der Waals surface area contributed by atoms with Gasteiger partial charge in [-0.05, 0) is 0 Å². The normalized spacial score (nSPS) is 12.0. The van der Waals surface area contributed by atoms with Gasteiger partial charge in [-0.3, -0.25) is 0 Å². The van der Waals surface area contributed by atoms with Crippen molar-refractivity contribution in [2.75, 3.05) is 6.16 Å². The Kier molecular flexibility index (Phi) is 5.26. The third-order valence-corrected chi connectivity index (χ3v) is 9.66. The molecule has 1 heteroatoms. The second-order valence-corrected chi connectivity index (χ2v) is 10.0. The van der Waals surface area contributed by atoms with Crippen molar-refractivity contribution >= 4 is 23.2 Å². The minimum absolute atomic E-state index is 0.987. The Morgan fingerprint density at radius 3 is 1.22 bits per heavy atom. The van der Waals surface area contributed by atoms with E-state index in [1.54, 1.807) is 0 Å². The van der Waals surface area contributed by atoms with Crippen LogP contribution in [0.5, 0.6) is 0 Å². The van der Waals surface area contributed by atoms with E-state index in [1.165, 1.54) is 22.1 Å². The number of hydrogen-bond acceptors (Lipinski definition) is 0. The number of hydrogen-bond donors (Lipinski definition) is 0. The van der Waals surface area contributed by atoms with Crippen molar-refractivity contribution in [3.05, 3.63) is 97.9 Å². The van der Waals surface area contributed by atoms with Crippen molar-refractivity contribution in [1.29, 1.82) is 0 Å². The van der Waals surface area contributed by atoms with Gasteiger partial charge in [0.2, 0.25) is 0 Å². The van der Waals surface area contributed by atoms with E-state index in [2.05, 4.69) is 97.9 Å². The molecule has 0 fully saturated rings. The fourth-order valence-electron chi connectivity index (χ4n) is 3.49. The van der Waals surface area contributed by atoms with Gasteiger partial charge in [0.1, 0.15) is 0 Å². The Hall–Kier alpha value is -1.91. The van der Waals surface area contributed by atoms with E-state index < -0.39 is 7.26 Å². The van der Waals surface area contributed by atoms with Gasteiger partial charge in [0.25, 0.3) is 0 Å². The maximum atomic E-state index is 4.09. The fraction of sp³-hybridized carbons (Fsp3) is 0.136. The summed E-state index contributed by atoms with van der Waals surface area (Å²) in [6.07, 6.45) is 3.35. The van der Waals surface area contributed by atoms with Gasteiger partial charge >= 0.3 is 140 Å². The Balaban J connectivity index is 2.25. The topological polar surface area (TPSA) is 0 Å². The van der Waals surface area contributed by atoms with Crippen LogP contribution in [0, 0.1) is 6.92 Å². The number of benzene rings is 3. The van der Waals surface area contributed by atoms with Gasteiger partial charge in [-0.2, -0.15) is 0 Å². The standard InChI is InChI=1S/C22H24P/c1-2-3-19-23(20-13-7-4-8-14-20,21-15-9-5-10-16-21)22-17-11-6-12-18-22/h4-18,23H,1-3,19H2. The quantitative estimate of drug-likeness (QED) is 0.593. The van der Waals surface area contributed by atoms with E-state index in [9.17, 15) is 0 Å². The molecule has 0 bridgehead atoms. The first-order valence-corrected chi connectivity index (χ1v) is 10.5. The summed E-state index contributed by atoms with van der Waals surface area (Å²) in [6, 6.07) is 33.3. The molecule has 0 aliphatic rings. The van der Waals surface area contributed by atoms with Gasteiger partial charge in [0, 0.05) is 0 Å². The average molecular weight is 319 g/mol. The molecule has 0 atom stereocenters. The van der Waals surface area contributed by atoms with Gasteiger partial charge in [-0.1, -0.05) is 0 Å². The van der Waals surface area contributed by atoms with Crippen molar-refractivity contribution < 1.29 is 0 Å². The molecule has 3 rings (SSSR count). The molecular weight excluding hydrogens is 295 g/mol. The summed E-state index contributed by atoms with van der Waals surface area (Å²) in [5.74, 6) is 0. The Bertz CT molecular complexity index is 608. The predicted octanol–water partition coefficient (Wildman–Crippen LogP) is 4.33. The Labute approximate surface area is 140 Å². The molecule has 3 aromatic carbocycles. The van der Waals surface area contributed by atoms with E-state index in [1.807, 2.05) is 0 Å². The van der Waals surface area contributed by atoms with Crippen LogP contribution in [0.4, 0.5) is 0 Å².